The zero-order chi connectivity index (χ0) is 30.2. The molecule has 2 saturated heterocycles. The van der Waals surface area contributed by atoms with Crippen LogP contribution in [-0.2, 0) is 19.3 Å². The fourth-order valence-corrected chi connectivity index (χ4v) is 8.57. The standard InChI is InChI=1S/C36H50N3O3Si.3ClH/c1-28-16-17-29(24-33(28)36(2,3)4)35(42-43(31-12-8-6-9-13-31)32-14-10-7-11-15-32)34-26-38(19-18-37-34)20-21-39-22-23-41-30(25-39)27-40-5;;;/h6-17,24,30,34-35,37H,18-23,25-27H2,1-5H3;3*1H/t30-,34+,35?;;;/m0.../s1. The number of ether oxygens (including phenoxy) is 2. The van der Waals surface area contributed by atoms with E-state index < -0.39 is 9.04 Å². The van der Waals surface area contributed by atoms with Crippen LogP contribution in [0.3, 0.4) is 0 Å². The summed E-state index contributed by atoms with van der Waals surface area (Å²) in [6, 6.07) is 28.8. The molecule has 1 unspecified atom stereocenters. The fourth-order valence-electron chi connectivity index (χ4n) is 6.42. The molecular formula is C36H53Cl3N3O3Si. The van der Waals surface area contributed by atoms with Crippen molar-refractivity contribution >= 4 is 56.6 Å². The molecule has 46 heavy (non-hydrogen) atoms. The minimum absolute atomic E-state index is 0. The van der Waals surface area contributed by atoms with Crippen molar-refractivity contribution in [1.82, 2.24) is 15.1 Å². The monoisotopic (exact) mass is 708 g/mol. The Bertz CT molecular complexity index is 1240. The molecule has 0 aliphatic carbocycles. The molecule has 2 heterocycles. The third kappa shape index (κ3) is 11.0. The van der Waals surface area contributed by atoms with Crippen LogP contribution >= 0.6 is 37.2 Å². The molecule has 10 heteroatoms. The highest BCUT2D eigenvalue weighted by Crippen LogP contribution is 2.32. The molecule has 0 aromatic heterocycles. The number of rotatable bonds is 11. The largest absolute Gasteiger partial charge is 0.399 e. The molecule has 1 N–H and O–H groups in total. The third-order valence-electron chi connectivity index (χ3n) is 8.68. The van der Waals surface area contributed by atoms with Gasteiger partial charge in [0.15, 0.2) is 0 Å². The fraction of sp³-hybridized carbons (Fsp3) is 0.500. The SMILES string of the molecule is COC[C@@H]1CN(CCN2CCN[C@@H](C(O[Si](c3ccccc3)c3ccccc3)c3ccc(C)c(C(C)(C)C)c3)C2)CCO1.Cl.Cl.Cl. The van der Waals surface area contributed by atoms with Crippen LogP contribution in [0, 0.1) is 6.92 Å². The lowest BCUT2D eigenvalue weighted by atomic mass is 9.82. The molecule has 0 bridgehead atoms. The summed E-state index contributed by atoms with van der Waals surface area (Å²) in [4.78, 5) is 5.15. The summed E-state index contributed by atoms with van der Waals surface area (Å²) in [7, 11) is 0.251. The van der Waals surface area contributed by atoms with Gasteiger partial charge in [0.05, 0.1) is 25.4 Å². The van der Waals surface area contributed by atoms with E-state index in [0.717, 1.165) is 52.4 Å². The van der Waals surface area contributed by atoms with E-state index in [2.05, 4.69) is 122 Å². The van der Waals surface area contributed by atoms with Crippen molar-refractivity contribution in [2.75, 3.05) is 66.1 Å². The number of nitrogens with zero attached hydrogens (tertiary/aromatic N) is 2. The van der Waals surface area contributed by atoms with E-state index in [1.54, 1.807) is 7.11 Å². The lowest BCUT2D eigenvalue weighted by Crippen LogP contribution is -2.57. The van der Waals surface area contributed by atoms with Gasteiger partial charge in [-0.05, 0) is 39.4 Å². The van der Waals surface area contributed by atoms with Crippen LogP contribution in [0.1, 0.15) is 43.6 Å². The Hall–Kier alpha value is -1.49. The predicted molar refractivity (Wildman–Crippen MR) is 200 cm³/mol. The average molecular weight is 710 g/mol. The summed E-state index contributed by atoms with van der Waals surface area (Å²) >= 11 is 0. The second-order valence-electron chi connectivity index (χ2n) is 13.0. The Kier molecular flexibility index (Phi) is 17.2. The molecule has 2 fully saturated rings. The zero-order valence-corrected chi connectivity index (χ0v) is 31.4. The molecule has 1 radical (unpaired) electrons. The predicted octanol–water partition coefficient (Wildman–Crippen LogP) is 5.04. The van der Waals surface area contributed by atoms with Gasteiger partial charge < -0.3 is 19.2 Å². The molecule has 6 nitrogen and oxygen atoms in total. The van der Waals surface area contributed by atoms with Gasteiger partial charge in [0.1, 0.15) is 0 Å². The number of benzene rings is 3. The molecule has 3 atom stereocenters. The second kappa shape index (κ2) is 19.5. The summed E-state index contributed by atoms with van der Waals surface area (Å²) in [5.41, 5.74) is 4.04. The molecule has 3 aromatic carbocycles. The second-order valence-corrected chi connectivity index (χ2v) is 15.1. The van der Waals surface area contributed by atoms with Crippen molar-refractivity contribution in [2.24, 2.45) is 0 Å². The van der Waals surface area contributed by atoms with Crippen LogP contribution in [-0.4, -0.2) is 97.1 Å². The molecule has 0 saturated carbocycles. The van der Waals surface area contributed by atoms with Crippen molar-refractivity contribution in [2.45, 2.75) is 51.4 Å². The number of piperazine rings is 1. The Morgan fingerprint density at radius 2 is 1.48 bits per heavy atom. The Labute approximate surface area is 297 Å². The van der Waals surface area contributed by atoms with E-state index in [0.29, 0.717) is 6.61 Å². The van der Waals surface area contributed by atoms with E-state index in [1.807, 2.05) is 0 Å². The summed E-state index contributed by atoms with van der Waals surface area (Å²) in [6.45, 7) is 17.6. The van der Waals surface area contributed by atoms with Gasteiger partial charge in [0.25, 0.3) is 9.04 Å². The van der Waals surface area contributed by atoms with Gasteiger partial charge in [-0.2, -0.15) is 0 Å². The van der Waals surface area contributed by atoms with E-state index in [4.69, 9.17) is 13.9 Å². The topological polar surface area (TPSA) is 46.2 Å². The zero-order valence-electron chi connectivity index (χ0n) is 27.9. The van der Waals surface area contributed by atoms with Crippen molar-refractivity contribution in [3.63, 3.8) is 0 Å². The van der Waals surface area contributed by atoms with Crippen LogP contribution in [0.5, 0.6) is 0 Å². The lowest BCUT2D eigenvalue weighted by molar-refractivity contribution is -0.0627. The van der Waals surface area contributed by atoms with E-state index in [-0.39, 0.29) is 60.9 Å². The van der Waals surface area contributed by atoms with E-state index in [1.165, 1.54) is 27.1 Å². The summed E-state index contributed by atoms with van der Waals surface area (Å²) in [5, 5.41) is 6.44. The number of morpholine rings is 1. The molecule has 2 aliphatic rings. The number of aryl methyl sites for hydroxylation is 1. The van der Waals surface area contributed by atoms with Gasteiger partial charge in [0, 0.05) is 59.0 Å². The highest BCUT2D eigenvalue weighted by molar-refractivity contribution is 6.80. The molecule has 0 spiro atoms. The molecule has 0 amide bonds. The number of methoxy groups -OCH3 is 1. The van der Waals surface area contributed by atoms with Crippen LogP contribution in [0.15, 0.2) is 78.9 Å². The van der Waals surface area contributed by atoms with Crippen LogP contribution in [0.2, 0.25) is 0 Å². The van der Waals surface area contributed by atoms with Gasteiger partial charge in [0.2, 0.25) is 0 Å². The van der Waals surface area contributed by atoms with Gasteiger partial charge in [-0.3, -0.25) is 9.80 Å². The van der Waals surface area contributed by atoms with Crippen LogP contribution in [0.25, 0.3) is 0 Å². The molecule has 255 valence electrons. The van der Waals surface area contributed by atoms with Gasteiger partial charge in [-0.1, -0.05) is 99.6 Å². The van der Waals surface area contributed by atoms with Crippen LogP contribution < -0.4 is 15.7 Å². The molecule has 3 aromatic rings. The summed E-state index contributed by atoms with van der Waals surface area (Å²) in [5.74, 6) is 0. The van der Waals surface area contributed by atoms with Crippen molar-refractivity contribution < 1.29 is 13.9 Å². The molecule has 5 rings (SSSR count). The first-order valence-electron chi connectivity index (χ1n) is 15.9. The minimum atomic E-state index is -1.50. The Balaban J connectivity index is 0.00000245. The molecular weight excluding hydrogens is 657 g/mol. The third-order valence-corrected chi connectivity index (χ3v) is 10.9. The summed E-state index contributed by atoms with van der Waals surface area (Å²) in [6.07, 6.45) is 0.0932. The lowest BCUT2D eigenvalue weighted by Gasteiger charge is -2.40. The maximum absolute atomic E-state index is 7.41. The first kappa shape index (κ1) is 40.7. The highest BCUT2D eigenvalue weighted by atomic mass is 35.5. The van der Waals surface area contributed by atoms with E-state index >= 15 is 0 Å². The smallest absolute Gasteiger partial charge is 0.283 e. The summed E-state index contributed by atoms with van der Waals surface area (Å²) < 4.78 is 18.7. The van der Waals surface area contributed by atoms with Gasteiger partial charge in [-0.15, -0.1) is 37.2 Å². The van der Waals surface area contributed by atoms with Gasteiger partial charge >= 0.3 is 0 Å². The number of nitrogens with one attached hydrogen (secondary N) is 1. The Morgan fingerprint density at radius 1 is 0.870 bits per heavy atom. The van der Waals surface area contributed by atoms with Gasteiger partial charge in [-0.25, -0.2) is 0 Å². The first-order chi connectivity index (χ1) is 20.8. The van der Waals surface area contributed by atoms with E-state index in [9.17, 15) is 0 Å². The Morgan fingerprint density at radius 3 is 2.07 bits per heavy atom. The van der Waals surface area contributed by atoms with Crippen LogP contribution in [0.4, 0.5) is 0 Å². The normalized spacial score (nSPS) is 19.9. The highest BCUT2D eigenvalue weighted by Gasteiger charge is 2.34. The average Bonchev–Trinajstić information content (AvgIpc) is 3.02. The van der Waals surface area contributed by atoms with Crippen molar-refractivity contribution in [3.8, 4) is 0 Å². The minimum Gasteiger partial charge on any atom is -0.399 e. The maximum Gasteiger partial charge on any atom is 0.283 e. The molecule has 2 aliphatic heterocycles. The van der Waals surface area contributed by atoms with Crippen molar-refractivity contribution in [3.05, 3.63) is 95.6 Å². The quantitative estimate of drug-likeness (QED) is 0.282. The maximum atomic E-state index is 7.41. The van der Waals surface area contributed by atoms with Crippen molar-refractivity contribution in [1.29, 1.82) is 0 Å². The number of halogens is 3. The number of hydrogen-bond donors (Lipinski definition) is 1. The first-order valence-corrected chi connectivity index (χ1v) is 17.3. The number of hydrogen-bond acceptors (Lipinski definition) is 6.